The van der Waals surface area contributed by atoms with Crippen LogP contribution in [0.5, 0.6) is 0 Å². The Morgan fingerprint density at radius 1 is 1.12 bits per heavy atom. The third-order valence-electron chi connectivity index (χ3n) is 4.25. The highest BCUT2D eigenvalue weighted by Gasteiger charge is 2.35. The standard InChI is InChI=1S/C12H24N2O2S/c1-2-14(11-5-3-10(13)4-6-11)12-7-8-17(15,16)9-12/h10-12H,2-9,13H2,1H3. The summed E-state index contributed by atoms with van der Waals surface area (Å²) in [5, 5.41) is 0. The molecule has 0 amide bonds. The first-order valence-corrected chi connectivity index (χ1v) is 8.55. The van der Waals surface area contributed by atoms with Crippen LogP contribution < -0.4 is 5.73 Å². The molecule has 0 bridgehead atoms. The predicted molar refractivity (Wildman–Crippen MR) is 69.7 cm³/mol. The summed E-state index contributed by atoms with van der Waals surface area (Å²) in [4.78, 5) is 2.41. The lowest BCUT2D eigenvalue weighted by Gasteiger charge is -2.38. The topological polar surface area (TPSA) is 63.4 Å². The summed E-state index contributed by atoms with van der Waals surface area (Å²) >= 11 is 0. The van der Waals surface area contributed by atoms with Crippen LogP contribution in [-0.4, -0.2) is 49.5 Å². The van der Waals surface area contributed by atoms with Crippen molar-refractivity contribution in [2.45, 2.75) is 57.2 Å². The molecule has 2 fully saturated rings. The molecule has 1 saturated carbocycles. The van der Waals surface area contributed by atoms with Gasteiger partial charge in [-0.05, 0) is 38.6 Å². The molecular formula is C12H24N2O2S. The second kappa shape index (κ2) is 5.24. The van der Waals surface area contributed by atoms with Crippen LogP contribution in [0.4, 0.5) is 0 Å². The van der Waals surface area contributed by atoms with Gasteiger partial charge < -0.3 is 5.73 Å². The van der Waals surface area contributed by atoms with E-state index in [9.17, 15) is 8.42 Å². The van der Waals surface area contributed by atoms with E-state index in [0.717, 1.165) is 38.6 Å². The molecule has 1 atom stereocenters. The van der Waals surface area contributed by atoms with Gasteiger partial charge >= 0.3 is 0 Å². The van der Waals surface area contributed by atoms with Crippen LogP contribution in [0.25, 0.3) is 0 Å². The molecule has 0 spiro atoms. The average molecular weight is 260 g/mol. The van der Waals surface area contributed by atoms with Gasteiger partial charge in [-0.2, -0.15) is 0 Å². The van der Waals surface area contributed by atoms with E-state index < -0.39 is 9.84 Å². The summed E-state index contributed by atoms with van der Waals surface area (Å²) in [5.41, 5.74) is 5.92. The van der Waals surface area contributed by atoms with Crippen molar-refractivity contribution < 1.29 is 8.42 Å². The molecule has 0 aromatic heterocycles. The summed E-state index contributed by atoms with van der Waals surface area (Å²) in [6.07, 6.45) is 5.25. The molecule has 0 aromatic rings. The van der Waals surface area contributed by atoms with Gasteiger partial charge in [0.05, 0.1) is 11.5 Å². The van der Waals surface area contributed by atoms with Crippen molar-refractivity contribution in [1.29, 1.82) is 0 Å². The molecule has 2 aliphatic rings. The first kappa shape index (κ1) is 13.3. The second-order valence-electron chi connectivity index (χ2n) is 5.46. The maximum absolute atomic E-state index is 11.5. The molecule has 2 rings (SSSR count). The van der Waals surface area contributed by atoms with E-state index >= 15 is 0 Å². The van der Waals surface area contributed by atoms with E-state index in [-0.39, 0.29) is 6.04 Å². The molecule has 1 saturated heterocycles. The number of sulfone groups is 1. The molecule has 1 heterocycles. The zero-order valence-corrected chi connectivity index (χ0v) is 11.5. The van der Waals surface area contributed by atoms with Gasteiger partial charge in [0.2, 0.25) is 0 Å². The van der Waals surface area contributed by atoms with Crippen LogP contribution in [0.1, 0.15) is 39.0 Å². The van der Waals surface area contributed by atoms with E-state index in [1.165, 1.54) is 0 Å². The number of nitrogens with zero attached hydrogens (tertiary/aromatic N) is 1. The van der Waals surface area contributed by atoms with E-state index in [1.807, 2.05) is 0 Å². The van der Waals surface area contributed by atoms with Crippen LogP contribution in [0.15, 0.2) is 0 Å². The van der Waals surface area contributed by atoms with Crippen molar-refractivity contribution in [2.75, 3.05) is 18.1 Å². The zero-order valence-electron chi connectivity index (χ0n) is 10.6. The first-order chi connectivity index (χ1) is 8.02. The lowest BCUT2D eigenvalue weighted by atomic mass is 9.90. The molecule has 100 valence electrons. The summed E-state index contributed by atoms with van der Waals surface area (Å²) in [7, 11) is -2.77. The minimum Gasteiger partial charge on any atom is -0.328 e. The SMILES string of the molecule is CCN(C1CCC(N)CC1)C1CCS(=O)(=O)C1. The summed E-state index contributed by atoms with van der Waals surface area (Å²) < 4.78 is 23.1. The minimum atomic E-state index is -2.77. The maximum Gasteiger partial charge on any atom is 0.151 e. The molecule has 0 aromatic carbocycles. The van der Waals surface area contributed by atoms with Crippen LogP contribution in [0, 0.1) is 0 Å². The number of nitrogens with two attached hydrogens (primary N) is 1. The van der Waals surface area contributed by atoms with Gasteiger partial charge in [-0.15, -0.1) is 0 Å². The molecule has 1 aliphatic heterocycles. The van der Waals surface area contributed by atoms with Gasteiger partial charge in [-0.25, -0.2) is 8.42 Å². The fourth-order valence-electron chi connectivity index (χ4n) is 3.28. The van der Waals surface area contributed by atoms with Crippen LogP contribution in [-0.2, 0) is 9.84 Å². The largest absolute Gasteiger partial charge is 0.328 e. The molecule has 4 nitrogen and oxygen atoms in total. The quantitative estimate of drug-likeness (QED) is 0.814. The molecule has 1 unspecified atom stereocenters. The molecule has 0 radical (unpaired) electrons. The van der Waals surface area contributed by atoms with E-state index in [1.54, 1.807) is 0 Å². The highest BCUT2D eigenvalue weighted by Crippen LogP contribution is 2.27. The third kappa shape index (κ3) is 3.20. The fourth-order valence-corrected chi connectivity index (χ4v) is 5.03. The Hall–Kier alpha value is -0.130. The number of hydrogen-bond donors (Lipinski definition) is 1. The lowest BCUT2D eigenvalue weighted by molar-refractivity contribution is 0.117. The molecule has 2 N–H and O–H groups in total. The Bertz CT molecular complexity index is 348. The van der Waals surface area contributed by atoms with Crippen molar-refractivity contribution in [2.24, 2.45) is 5.73 Å². The zero-order chi connectivity index (χ0) is 12.5. The first-order valence-electron chi connectivity index (χ1n) is 6.73. The predicted octanol–water partition coefficient (Wildman–Crippen LogP) is 0.765. The van der Waals surface area contributed by atoms with Gasteiger partial charge in [0.15, 0.2) is 9.84 Å². The van der Waals surface area contributed by atoms with Crippen molar-refractivity contribution in [3.63, 3.8) is 0 Å². The van der Waals surface area contributed by atoms with E-state index in [2.05, 4.69) is 11.8 Å². The summed E-state index contributed by atoms with van der Waals surface area (Å²) in [6.45, 7) is 3.10. The van der Waals surface area contributed by atoms with Crippen LogP contribution in [0.2, 0.25) is 0 Å². The van der Waals surface area contributed by atoms with Gasteiger partial charge in [-0.1, -0.05) is 6.92 Å². The lowest BCUT2D eigenvalue weighted by Crippen LogP contribution is -2.46. The third-order valence-corrected chi connectivity index (χ3v) is 6.00. The second-order valence-corrected chi connectivity index (χ2v) is 7.68. The maximum atomic E-state index is 11.5. The highest BCUT2D eigenvalue weighted by atomic mass is 32.2. The Morgan fingerprint density at radius 3 is 2.24 bits per heavy atom. The van der Waals surface area contributed by atoms with Crippen LogP contribution in [0.3, 0.4) is 0 Å². The summed E-state index contributed by atoms with van der Waals surface area (Å²) in [6, 6.07) is 1.17. The van der Waals surface area contributed by atoms with Crippen LogP contribution >= 0.6 is 0 Å². The minimum absolute atomic E-state index is 0.254. The fraction of sp³-hybridized carbons (Fsp3) is 1.00. The molecule has 5 heteroatoms. The van der Waals surface area contributed by atoms with Crippen molar-refractivity contribution in [3.05, 3.63) is 0 Å². The van der Waals surface area contributed by atoms with Gasteiger partial charge in [0, 0.05) is 18.1 Å². The smallest absolute Gasteiger partial charge is 0.151 e. The Kier molecular flexibility index (Phi) is 4.10. The van der Waals surface area contributed by atoms with E-state index in [0.29, 0.717) is 23.6 Å². The highest BCUT2D eigenvalue weighted by molar-refractivity contribution is 7.91. The molecule has 1 aliphatic carbocycles. The monoisotopic (exact) mass is 260 g/mol. The molecular weight excluding hydrogens is 236 g/mol. The Balaban J connectivity index is 1.97. The van der Waals surface area contributed by atoms with Crippen molar-refractivity contribution in [1.82, 2.24) is 4.90 Å². The summed E-state index contributed by atoms with van der Waals surface area (Å²) in [5.74, 6) is 0.740. The average Bonchev–Trinajstić information content (AvgIpc) is 2.63. The Labute approximate surface area is 104 Å². The van der Waals surface area contributed by atoms with Gasteiger partial charge in [0.25, 0.3) is 0 Å². The van der Waals surface area contributed by atoms with Gasteiger partial charge in [0.1, 0.15) is 0 Å². The van der Waals surface area contributed by atoms with Crippen molar-refractivity contribution in [3.8, 4) is 0 Å². The number of hydrogen-bond acceptors (Lipinski definition) is 4. The number of rotatable bonds is 3. The molecule has 17 heavy (non-hydrogen) atoms. The van der Waals surface area contributed by atoms with Crippen molar-refractivity contribution >= 4 is 9.84 Å². The van der Waals surface area contributed by atoms with Gasteiger partial charge in [-0.3, -0.25) is 4.90 Å². The van der Waals surface area contributed by atoms with E-state index in [4.69, 9.17) is 5.73 Å². The Morgan fingerprint density at radius 2 is 1.76 bits per heavy atom. The normalized spacial score (nSPS) is 37.5.